The minimum Gasteiger partial charge on any atom is -0.398 e. The molecule has 17 heavy (non-hydrogen) atoms. The number of fused-ring (bicyclic) bond motifs is 1. The van der Waals surface area contributed by atoms with E-state index < -0.39 is 0 Å². The van der Waals surface area contributed by atoms with E-state index in [4.69, 9.17) is 5.73 Å². The zero-order valence-electron chi connectivity index (χ0n) is 10.1. The maximum atomic E-state index is 12.0. The molecule has 0 bridgehead atoms. The molecule has 0 aromatic heterocycles. The van der Waals surface area contributed by atoms with Gasteiger partial charge in [-0.25, -0.2) is 0 Å². The number of hydrogen-bond donors (Lipinski definition) is 1. The van der Waals surface area contributed by atoms with Gasteiger partial charge >= 0.3 is 0 Å². The first kappa shape index (κ1) is 13.8. The number of carbonyl (C=O) groups is 1. The first-order chi connectivity index (χ1) is 7.74. The first-order valence-corrected chi connectivity index (χ1v) is 5.91. The largest absolute Gasteiger partial charge is 0.398 e. The Kier molecular flexibility index (Phi) is 4.82. The average molecular weight is 255 g/mol. The smallest absolute Gasteiger partial charge is 0.226 e. The van der Waals surface area contributed by atoms with Crippen LogP contribution in [0, 0.1) is 0 Å². The molecular weight excluding hydrogens is 236 g/mol. The molecule has 1 heterocycles. The fourth-order valence-electron chi connectivity index (χ4n) is 2.26. The highest BCUT2D eigenvalue weighted by molar-refractivity contribution is 5.95. The maximum absolute atomic E-state index is 12.0. The second-order valence-electron chi connectivity index (χ2n) is 4.24. The lowest BCUT2D eigenvalue weighted by Gasteiger charge is -2.30. The molecule has 0 unspecified atom stereocenters. The van der Waals surface area contributed by atoms with Crippen LogP contribution in [-0.2, 0) is 11.2 Å². The standard InChI is InChI=1S/C13H18N2O.ClH/c1-2-5-13(16)15-9-4-6-10-11(14)7-3-8-12(10)15;/h3,7-8H,2,4-6,9,14H2,1H3;1H. The molecule has 3 nitrogen and oxygen atoms in total. The fraction of sp³-hybridized carbons (Fsp3) is 0.462. The molecule has 94 valence electrons. The molecule has 0 radical (unpaired) electrons. The number of halogens is 1. The van der Waals surface area contributed by atoms with Gasteiger partial charge in [-0.1, -0.05) is 13.0 Å². The average Bonchev–Trinajstić information content (AvgIpc) is 2.29. The number of nitrogen functional groups attached to an aromatic ring is 1. The van der Waals surface area contributed by atoms with Crippen LogP contribution >= 0.6 is 12.4 Å². The molecule has 0 spiro atoms. The first-order valence-electron chi connectivity index (χ1n) is 5.91. The third-order valence-corrected chi connectivity index (χ3v) is 3.05. The van der Waals surface area contributed by atoms with Gasteiger partial charge in [-0.05, 0) is 37.0 Å². The topological polar surface area (TPSA) is 46.3 Å². The number of anilines is 2. The molecule has 2 rings (SSSR count). The van der Waals surface area contributed by atoms with Crippen LogP contribution in [0.5, 0.6) is 0 Å². The molecule has 1 aromatic rings. The Hall–Kier alpha value is -1.22. The molecule has 1 aliphatic rings. The molecule has 0 saturated carbocycles. The summed E-state index contributed by atoms with van der Waals surface area (Å²) in [6.07, 6.45) is 3.51. The second kappa shape index (κ2) is 5.92. The quantitative estimate of drug-likeness (QED) is 0.825. The lowest BCUT2D eigenvalue weighted by atomic mass is 9.99. The van der Waals surface area contributed by atoms with Crippen molar-refractivity contribution in [1.82, 2.24) is 0 Å². The van der Waals surface area contributed by atoms with Crippen molar-refractivity contribution >= 4 is 29.7 Å². The normalized spacial score (nSPS) is 13.8. The van der Waals surface area contributed by atoms with Crippen LogP contribution < -0.4 is 10.6 Å². The van der Waals surface area contributed by atoms with Crippen molar-refractivity contribution in [3.8, 4) is 0 Å². The number of rotatable bonds is 2. The molecule has 1 aromatic carbocycles. The van der Waals surface area contributed by atoms with Crippen molar-refractivity contribution in [3.63, 3.8) is 0 Å². The molecular formula is C13H19ClN2O. The number of hydrogen-bond acceptors (Lipinski definition) is 2. The Morgan fingerprint density at radius 3 is 2.94 bits per heavy atom. The predicted molar refractivity (Wildman–Crippen MR) is 73.7 cm³/mol. The SMILES string of the molecule is CCCC(=O)N1CCCc2c(N)cccc21.Cl. The molecule has 4 heteroatoms. The van der Waals surface area contributed by atoms with E-state index in [1.807, 2.05) is 30.0 Å². The van der Waals surface area contributed by atoms with Gasteiger partial charge in [-0.2, -0.15) is 0 Å². The van der Waals surface area contributed by atoms with E-state index in [-0.39, 0.29) is 18.3 Å². The molecule has 1 amide bonds. The van der Waals surface area contributed by atoms with E-state index in [1.165, 1.54) is 0 Å². The lowest BCUT2D eigenvalue weighted by molar-refractivity contribution is -0.118. The van der Waals surface area contributed by atoms with Gasteiger partial charge < -0.3 is 10.6 Å². The number of amides is 1. The van der Waals surface area contributed by atoms with E-state index in [2.05, 4.69) is 0 Å². The number of nitrogens with two attached hydrogens (primary N) is 1. The van der Waals surface area contributed by atoms with Crippen molar-refractivity contribution < 1.29 is 4.79 Å². The minimum absolute atomic E-state index is 0. The van der Waals surface area contributed by atoms with E-state index in [9.17, 15) is 4.79 Å². The van der Waals surface area contributed by atoms with Gasteiger partial charge in [0.1, 0.15) is 0 Å². The summed E-state index contributed by atoms with van der Waals surface area (Å²) in [6.45, 7) is 2.86. The molecule has 0 saturated heterocycles. The van der Waals surface area contributed by atoms with Crippen LogP contribution in [0.25, 0.3) is 0 Å². The van der Waals surface area contributed by atoms with E-state index in [0.29, 0.717) is 6.42 Å². The summed E-state index contributed by atoms with van der Waals surface area (Å²) in [5.41, 5.74) is 8.91. The van der Waals surface area contributed by atoms with Crippen LogP contribution in [0.1, 0.15) is 31.7 Å². The molecule has 0 fully saturated rings. The van der Waals surface area contributed by atoms with Gasteiger partial charge in [0.25, 0.3) is 0 Å². The van der Waals surface area contributed by atoms with Crippen molar-refractivity contribution in [3.05, 3.63) is 23.8 Å². The summed E-state index contributed by atoms with van der Waals surface area (Å²) < 4.78 is 0. The number of benzene rings is 1. The van der Waals surface area contributed by atoms with Gasteiger partial charge in [0.15, 0.2) is 0 Å². The Bertz CT molecular complexity index is 406. The third-order valence-electron chi connectivity index (χ3n) is 3.05. The summed E-state index contributed by atoms with van der Waals surface area (Å²) in [5.74, 6) is 0.217. The number of carbonyl (C=O) groups excluding carboxylic acids is 1. The third kappa shape index (κ3) is 2.72. The summed E-state index contributed by atoms with van der Waals surface area (Å²) in [5, 5.41) is 0. The summed E-state index contributed by atoms with van der Waals surface area (Å²) >= 11 is 0. The highest BCUT2D eigenvalue weighted by atomic mass is 35.5. The molecule has 0 aliphatic carbocycles. The second-order valence-corrected chi connectivity index (χ2v) is 4.24. The van der Waals surface area contributed by atoms with Crippen molar-refractivity contribution in [2.24, 2.45) is 0 Å². The van der Waals surface area contributed by atoms with Crippen LogP contribution in [0.4, 0.5) is 11.4 Å². The number of nitrogens with zero attached hydrogens (tertiary/aromatic N) is 1. The van der Waals surface area contributed by atoms with E-state index >= 15 is 0 Å². The van der Waals surface area contributed by atoms with Crippen LogP contribution in [0.2, 0.25) is 0 Å². The summed E-state index contributed by atoms with van der Waals surface area (Å²) in [7, 11) is 0. The zero-order chi connectivity index (χ0) is 11.5. The lowest BCUT2D eigenvalue weighted by Crippen LogP contribution is -2.35. The summed E-state index contributed by atoms with van der Waals surface area (Å²) in [6, 6.07) is 5.83. The van der Waals surface area contributed by atoms with Crippen LogP contribution in [-0.4, -0.2) is 12.5 Å². The predicted octanol–water partition coefficient (Wildman–Crippen LogP) is 2.77. The Morgan fingerprint density at radius 2 is 2.24 bits per heavy atom. The maximum Gasteiger partial charge on any atom is 0.226 e. The Morgan fingerprint density at radius 1 is 1.47 bits per heavy atom. The fourth-order valence-corrected chi connectivity index (χ4v) is 2.26. The van der Waals surface area contributed by atoms with Crippen molar-refractivity contribution in [2.75, 3.05) is 17.2 Å². The van der Waals surface area contributed by atoms with Gasteiger partial charge in [-0.15, -0.1) is 12.4 Å². The van der Waals surface area contributed by atoms with Crippen molar-refractivity contribution in [2.45, 2.75) is 32.6 Å². The van der Waals surface area contributed by atoms with Gasteiger partial charge in [0.2, 0.25) is 5.91 Å². The highest BCUT2D eigenvalue weighted by Crippen LogP contribution is 2.31. The Labute approximate surface area is 108 Å². The van der Waals surface area contributed by atoms with Crippen LogP contribution in [0.3, 0.4) is 0 Å². The van der Waals surface area contributed by atoms with Gasteiger partial charge in [0.05, 0.1) is 0 Å². The molecule has 2 N–H and O–H groups in total. The molecule has 0 atom stereocenters. The van der Waals surface area contributed by atoms with E-state index in [0.717, 1.165) is 42.7 Å². The van der Waals surface area contributed by atoms with Crippen molar-refractivity contribution in [1.29, 1.82) is 0 Å². The zero-order valence-corrected chi connectivity index (χ0v) is 10.9. The van der Waals surface area contributed by atoms with E-state index in [1.54, 1.807) is 0 Å². The van der Waals surface area contributed by atoms with Gasteiger partial charge in [-0.3, -0.25) is 4.79 Å². The van der Waals surface area contributed by atoms with Gasteiger partial charge in [0, 0.05) is 24.3 Å². The minimum atomic E-state index is 0. The molecule has 1 aliphatic heterocycles. The Balaban J connectivity index is 0.00000144. The monoisotopic (exact) mass is 254 g/mol. The summed E-state index contributed by atoms with van der Waals surface area (Å²) in [4.78, 5) is 13.8. The van der Waals surface area contributed by atoms with Crippen LogP contribution in [0.15, 0.2) is 18.2 Å². The highest BCUT2D eigenvalue weighted by Gasteiger charge is 2.22.